The standard InChI is InChI=1S/C12H17NO2S/c1-4-15-12(3,11(14)16-5-2)10-8-6-7-9-13-10/h6-9H,4-5H2,1-3H3. The summed E-state index contributed by atoms with van der Waals surface area (Å²) in [5.41, 5.74) is -0.265. The zero-order valence-electron chi connectivity index (χ0n) is 9.90. The van der Waals surface area contributed by atoms with Gasteiger partial charge in [0.1, 0.15) is 0 Å². The number of carbonyl (C=O) groups is 1. The van der Waals surface area contributed by atoms with Gasteiger partial charge in [0.2, 0.25) is 5.12 Å². The molecule has 0 fully saturated rings. The summed E-state index contributed by atoms with van der Waals surface area (Å²) in [5, 5.41) is 0.00977. The minimum Gasteiger partial charge on any atom is -0.360 e. The molecule has 0 bridgehead atoms. The molecule has 1 heterocycles. The molecule has 0 aromatic carbocycles. The van der Waals surface area contributed by atoms with Crippen LogP contribution in [0.5, 0.6) is 0 Å². The molecule has 88 valence electrons. The second kappa shape index (κ2) is 6.01. The lowest BCUT2D eigenvalue weighted by Crippen LogP contribution is -2.35. The molecular weight excluding hydrogens is 222 g/mol. The molecule has 0 amide bonds. The van der Waals surface area contributed by atoms with Gasteiger partial charge in [-0.25, -0.2) is 0 Å². The van der Waals surface area contributed by atoms with Gasteiger partial charge in [-0.15, -0.1) is 0 Å². The molecule has 1 atom stereocenters. The van der Waals surface area contributed by atoms with Crippen molar-refractivity contribution in [3.63, 3.8) is 0 Å². The van der Waals surface area contributed by atoms with E-state index in [1.165, 1.54) is 11.8 Å². The quantitative estimate of drug-likeness (QED) is 0.791. The number of hydrogen-bond donors (Lipinski definition) is 0. The van der Waals surface area contributed by atoms with Crippen LogP contribution in [0.2, 0.25) is 0 Å². The number of carbonyl (C=O) groups excluding carboxylic acids is 1. The largest absolute Gasteiger partial charge is 0.360 e. The third-order valence-corrected chi connectivity index (χ3v) is 3.19. The lowest BCUT2D eigenvalue weighted by atomic mass is 10.0. The first-order valence-corrected chi connectivity index (χ1v) is 6.36. The third kappa shape index (κ3) is 2.83. The van der Waals surface area contributed by atoms with Crippen molar-refractivity contribution in [3.8, 4) is 0 Å². The molecule has 1 aromatic heterocycles. The molecule has 0 aliphatic carbocycles. The third-order valence-electron chi connectivity index (χ3n) is 2.25. The van der Waals surface area contributed by atoms with Crippen LogP contribution < -0.4 is 0 Å². The topological polar surface area (TPSA) is 39.2 Å². The fraction of sp³-hybridized carbons (Fsp3) is 0.500. The lowest BCUT2D eigenvalue weighted by molar-refractivity contribution is -0.134. The molecule has 1 rings (SSSR count). The summed E-state index contributed by atoms with van der Waals surface area (Å²) >= 11 is 1.27. The van der Waals surface area contributed by atoms with Gasteiger partial charge in [0.25, 0.3) is 0 Å². The molecule has 0 radical (unpaired) electrons. The van der Waals surface area contributed by atoms with Gasteiger partial charge in [-0.1, -0.05) is 24.8 Å². The fourth-order valence-electron chi connectivity index (χ4n) is 1.44. The number of nitrogens with zero attached hydrogens (tertiary/aromatic N) is 1. The van der Waals surface area contributed by atoms with Gasteiger partial charge in [0.15, 0.2) is 5.60 Å². The first-order chi connectivity index (χ1) is 7.65. The Morgan fingerprint density at radius 1 is 1.50 bits per heavy atom. The molecule has 4 heteroatoms. The first kappa shape index (κ1) is 13.2. The summed E-state index contributed by atoms with van der Waals surface area (Å²) in [7, 11) is 0. The molecule has 1 aromatic rings. The minimum absolute atomic E-state index is 0.00977. The summed E-state index contributed by atoms with van der Waals surface area (Å²) < 4.78 is 5.60. The van der Waals surface area contributed by atoms with Crippen LogP contribution in [0.25, 0.3) is 0 Å². The zero-order chi connectivity index (χ0) is 12.0. The Hall–Kier alpha value is -0.870. The van der Waals surface area contributed by atoms with E-state index < -0.39 is 5.60 Å². The van der Waals surface area contributed by atoms with Crippen LogP contribution in [-0.2, 0) is 15.1 Å². The predicted octanol–water partition coefficient (Wildman–Crippen LogP) is 2.61. The summed E-state index contributed by atoms with van der Waals surface area (Å²) in [6.07, 6.45) is 1.68. The van der Waals surface area contributed by atoms with Crippen LogP contribution in [0.3, 0.4) is 0 Å². The number of pyridine rings is 1. The van der Waals surface area contributed by atoms with Gasteiger partial charge >= 0.3 is 0 Å². The van der Waals surface area contributed by atoms with E-state index in [1.807, 2.05) is 32.0 Å². The average molecular weight is 239 g/mol. The smallest absolute Gasteiger partial charge is 0.226 e. The van der Waals surface area contributed by atoms with Gasteiger partial charge in [-0.3, -0.25) is 9.78 Å². The Morgan fingerprint density at radius 2 is 2.25 bits per heavy atom. The van der Waals surface area contributed by atoms with Crippen molar-refractivity contribution in [1.29, 1.82) is 0 Å². The van der Waals surface area contributed by atoms with Gasteiger partial charge in [-0.2, -0.15) is 0 Å². The van der Waals surface area contributed by atoms with Crippen LogP contribution >= 0.6 is 11.8 Å². The molecule has 3 nitrogen and oxygen atoms in total. The van der Waals surface area contributed by atoms with E-state index in [0.717, 1.165) is 5.75 Å². The number of ether oxygens (including phenoxy) is 1. The second-order valence-electron chi connectivity index (χ2n) is 3.40. The average Bonchev–Trinajstić information content (AvgIpc) is 2.30. The van der Waals surface area contributed by atoms with Gasteiger partial charge in [0, 0.05) is 12.8 Å². The summed E-state index contributed by atoms with van der Waals surface area (Å²) in [5.74, 6) is 0.744. The lowest BCUT2D eigenvalue weighted by Gasteiger charge is -2.26. The molecule has 0 aliphatic heterocycles. The molecule has 0 saturated heterocycles. The fourth-order valence-corrected chi connectivity index (χ4v) is 2.14. The first-order valence-electron chi connectivity index (χ1n) is 5.37. The highest BCUT2D eigenvalue weighted by molar-refractivity contribution is 8.13. The van der Waals surface area contributed by atoms with Crippen molar-refractivity contribution >= 4 is 16.9 Å². The highest BCUT2D eigenvalue weighted by Crippen LogP contribution is 2.29. The van der Waals surface area contributed by atoms with E-state index >= 15 is 0 Å². The van der Waals surface area contributed by atoms with Gasteiger partial charge < -0.3 is 4.74 Å². The molecule has 16 heavy (non-hydrogen) atoms. The molecule has 0 saturated carbocycles. The maximum atomic E-state index is 12.1. The zero-order valence-corrected chi connectivity index (χ0v) is 10.7. The van der Waals surface area contributed by atoms with Crippen LogP contribution in [0.1, 0.15) is 26.5 Å². The number of thioether (sulfide) groups is 1. The maximum absolute atomic E-state index is 12.1. The Morgan fingerprint density at radius 3 is 2.75 bits per heavy atom. The van der Waals surface area contributed by atoms with Crippen molar-refractivity contribution in [3.05, 3.63) is 30.1 Å². The van der Waals surface area contributed by atoms with Crippen molar-refractivity contribution in [2.45, 2.75) is 26.4 Å². The van der Waals surface area contributed by atoms with E-state index in [4.69, 9.17) is 4.74 Å². The summed E-state index contributed by atoms with van der Waals surface area (Å²) in [6, 6.07) is 5.51. The predicted molar refractivity (Wildman–Crippen MR) is 66.4 cm³/mol. The van der Waals surface area contributed by atoms with Crippen molar-refractivity contribution in [2.24, 2.45) is 0 Å². The monoisotopic (exact) mass is 239 g/mol. The van der Waals surface area contributed by atoms with Crippen molar-refractivity contribution in [2.75, 3.05) is 12.4 Å². The molecule has 0 spiro atoms. The number of rotatable bonds is 5. The van der Waals surface area contributed by atoms with Gasteiger partial charge in [0.05, 0.1) is 5.69 Å². The highest BCUT2D eigenvalue weighted by atomic mass is 32.2. The van der Waals surface area contributed by atoms with Crippen LogP contribution in [0.15, 0.2) is 24.4 Å². The molecule has 0 aliphatic rings. The van der Waals surface area contributed by atoms with Crippen LogP contribution in [0, 0.1) is 0 Å². The van der Waals surface area contributed by atoms with E-state index in [2.05, 4.69) is 4.98 Å². The normalized spacial score (nSPS) is 14.4. The highest BCUT2D eigenvalue weighted by Gasteiger charge is 2.36. The Balaban J connectivity index is 3.01. The van der Waals surface area contributed by atoms with E-state index in [9.17, 15) is 4.79 Å². The second-order valence-corrected chi connectivity index (χ2v) is 4.64. The van der Waals surface area contributed by atoms with Crippen LogP contribution in [-0.4, -0.2) is 22.5 Å². The maximum Gasteiger partial charge on any atom is 0.226 e. The van der Waals surface area contributed by atoms with Crippen LogP contribution in [0.4, 0.5) is 0 Å². The van der Waals surface area contributed by atoms with E-state index in [1.54, 1.807) is 13.1 Å². The van der Waals surface area contributed by atoms with Crippen molar-refractivity contribution < 1.29 is 9.53 Å². The summed E-state index contributed by atoms with van der Waals surface area (Å²) in [4.78, 5) is 16.3. The van der Waals surface area contributed by atoms with E-state index in [-0.39, 0.29) is 5.12 Å². The summed E-state index contributed by atoms with van der Waals surface area (Å²) in [6.45, 7) is 6.10. The molecule has 1 unspecified atom stereocenters. The number of hydrogen-bond acceptors (Lipinski definition) is 4. The Labute approximate surface area is 101 Å². The molecular formula is C12H17NO2S. The van der Waals surface area contributed by atoms with Gasteiger partial charge in [-0.05, 0) is 31.7 Å². The molecule has 0 N–H and O–H groups in total. The Kier molecular flexibility index (Phi) is 4.96. The number of aromatic nitrogens is 1. The van der Waals surface area contributed by atoms with E-state index in [0.29, 0.717) is 12.3 Å². The Bertz CT molecular complexity index is 342. The SMILES string of the molecule is CCOC(C)(C(=O)SCC)c1ccccn1. The van der Waals surface area contributed by atoms with Crippen molar-refractivity contribution in [1.82, 2.24) is 4.98 Å². The minimum atomic E-state index is -0.934.